The van der Waals surface area contributed by atoms with E-state index in [2.05, 4.69) is 24.5 Å². The van der Waals surface area contributed by atoms with E-state index in [1.807, 2.05) is 36.4 Å². The Hall–Kier alpha value is -3.45. The van der Waals surface area contributed by atoms with E-state index < -0.39 is 9.84 Å². The number of benzene rings is 3. The zero-order valence-corrected chi connectivity index (χ0v) is 23.7. The fraction of sp³-hybridized carbons (Fsp3) is 0.375. The summed E-state index contributed by atoms with van der Waals surface area (Å²) in [5.41, 5.74) is 5.18. The molecule has 4 rings (SSSR count). The average molecular weight is 550 g/mol. The number of nitrogens with zero attached hydrogens (tertiary/aromatic N) is 1. The summed E-state index contributed by atoms with van der Waals surface area (Å²) in [6.45, 7) is 5.28. The molecule has 2 N–H and O–H groups in total. The smallest absolute Gasteiger partial charge is 0.150 e. The van der Waals surface area contributed by atoms with E-state index in [1.54, 1.807) is 24.3 Å². The van der Waals surface area contributed by atoms with Crippen molar-refractivity contribution in [2.24, 2.45) is 0 Å². The second-order valence-corrected chi connectivity index (χ2v) is 12.5. The van der Waals surface area contributed by atoms with E-state index in [4.69, 9.17) is 4.74 Å². The molecule has 7 heteroatoms. The summed E-state index contributed by atoms with van der Waals surface area (Å²) < 4.78 is 32.5. The van der Waals surface area contributed by atoms with Crippen molar-refractivity contribution in [3.63, 3.8) is 0 Å². The molecule has 0 saturated heterocycles. The van der Waals surface area contributed by atoms with Crippen LogP contribution in [0.3, 0.4) is 0 Å². The van der Waals surface area contributed by atoms with Crippen LogP contribution < -0.4 is 4.74 Å². The van der Waals surface area contributed by atoms with Crippen LogP contribution in [0.5, 0.6) is 17.2 Å². The van der Waals surface area contributed by atoms with Crippen LogP contribution in [0.2, 0.25) is 0 Å². The SMILES string of the molecule is CCCCCS(=O)(=O)CCCCCOc1cccc(Cn2c(-c3ccc(O)cc3)c(C)c3cc(O)ccc32)c1. The first-order chi connectivity index (χ1) is 18.8. The first-order valence-corrected chi connectivity index (χ1v) is 15.6. The number of hydrogen-bond donors (Lipinski definition) is 2. The minimum Gasteiger partial charge on any atom is -0.508 e. The first-order valence-electron chi connectivity index (χ1n) is 13.8. The van der Waals surface area contributed by atoms with Crippen LogP contribution in [0.15, 0.2) is 66.7 Å². The molecule has 0 unspecified atom stereocenters. The van der Waals surface area contributed by atoms with Crippen LogP contribution in [-0.2, 0) is 16.4 Å². The van der Waals surface area contributed by atoms with Gasteiger partial charge in [-0.25, -0.2) is 8.42 Å². The zero-order chi connectivity index (χ0) is 27.8. The maximum absolute atomic E-state index is 12.1. The second kappa shape index (κ2) is 13.1. The lowest BCUT2D eigenvalue weighted by molar-refractivity contribution is 0.306. The average Bonchev–Trinajstić information content (AvgIpc) is 3.17. The van der Waals surface area contributed by atoms with E-state index in [0.29, 0.717) is 25.3 Å². The number of phenols is 2. The van der Waals surface area contributed by atoms with E-state index in [0.717, 1.165) is 71.1 Å². The van der Waals surface area contributed by atoms with Crippen molar-refractivity contribution in [2.45, 2.75) is 58.9 Å². The van der Waals surface area contributed by atoms with Crippen molar-refractivity contribution >= 4 is 20.7 Å². The predicted molar refractivity (Wildman–Crippen MR) is 159 cm³/mol. The van der Waals surface area contributed by atoms with E-state index >= 15 is 0 Å². The largest absolute Gasteiger partial charge is 0.508 e. The monoisotopic (exact) mass is 549 g/mol. The van der Waals surface area contributed by atoms with Crippen molar-refractivity contribution < 1.29 is 23.4 Å². The summed E-state index contributed by atoms with van der Waals surface area (Å²) in [4.78, 5) is 0. The van der Waals surface area contributed by atoms with Gasteiger partial charge in [-0.15, -0.1) is 0 Å². The van der Waals surface area contributed by atoms with Crippen molar-refractivity contribution in [1.82, 2.24) is 4.57 Å². The molecule has 0 aliphatic carbocycles. The number of unbranched alkanes of at least 4 members (excludes halogenated alkanes) is 4. The molecule has 0 aliphatic heterocycles. The molecule has 1 aromatic heterocycles. The number of ether oxygens (including phenoxy) is 1. The van der Waals surface area contributed by atoms with Crippen LogP contribution in [0.4, 0.5) is 0 Å². The molecule has 0 fully saturated rings. The highest BCUT2D eigenvalue weighted by Crippen LogP contribution is 2.36. The predicted octanol–water partition coefficient (Wildman–Crippen LogP) is 7.23. The Labute approximate surface area is 231 Å². The molecule has 0 atom stereocenters. The summed E-state index contributed by atoms with van der Waals surface area (Å²) in [7, 11) is -2.94. The maximum atomic E-state index is 12.1. The standard InChI is InChI=1S/C32H39NO5S/c1-3-4-7-19-39(36,37)20-8-5-6-18-38-29-11-9-10-25(21-29)23-33-31-17-16-28(35)22-30(31)24(2)32(33)26-12-14-27(34)15-13-26/h9-17,21-22,34-35H,3-8,18-20,23H2,1-2H3. The highest BCUT2D eigenvalue weighted by atomic mass is 32.2. The third-order valence-corrected chi connectivity index (χ3v) is 8.93. The summed E-state index contributed by atoms with van der Waals surface area (Å²) in [6, 6.07) is 20.7. The van der Waals surface area contributed by atoms with E-state index in [-0.39, 0.29) is 17.3 Å². The van der Waals surface area contributed by atoms with Gasteiger partial charge in [-0.05, 0) is 104 Å². The number of aromatic hydroxyl groups is 2. The molecule has 0 aliphatic rings. The molecule has 208 valence electrons. The Morgan fingerprint density at radius 3 is 2.28 bits per heavy atom. The van der Waals surface area contributed by atoms with Gasteiger partial charge in [0.15, 0.2) is 0 Å². The minimum atomic E-state index is -2.94. The molecule has 39 heavy (non-hydrogen) atoms. The van der Waals surface area contributed by atoms with E-state index in [9.17, 15) is 18.6 Å². The summed E-state index contributed by atoms with van der Waals surface area (Å²) in [5.74, 6) is 1.80. The van der Waals surface area contributed by atoms with Gasteiger partial charge in [0.05, 0.1) is 23.8 Å². The van der Waals surface area contributed by atoms with Crippen LogP contribution >= 0.6 is 0 Å². The highest BCUT2D eigenvalue weighted by molar-refractivity contribution is 7.91. The van der Waals surface area contributed by atoms with Crippen LogP contribution in [0, 0.1) is 6.92 Å². The first kappa shape index (κ1) is 28.6. The Kier molecular flexibility index (Phi) is 9.57. The number of sulfone groups is 1. The van der Waals surface area contributed by atoms with Crippen molar-refractivity contribution in [1.29, 1.82) is 0 Å². The number of hydrogen-bond acceptors (Lipinski definition) is 5. The van der Waals surface area contributed by atoms with Crippen LogP contribution in [0.25, 0.3) is 22.2 Å². The Bertz CT molecular complexity index is 1490. The molecule has 0 saturated carbocycles. The van der Waals surface area contributed by atoms with Gasteiger partial charge in [0.25, 0.3) is 0 Å². The summed E-state index contributed by atoms with van der Waals surface area (Å²) >= 11 is 0. The van der Waals surface area contributed by atoms with Gasteiger partial charge >= 0.3 is 0 Å². The van der Waals surface area contributed by atoms with Gasteiger partial charge in [-0.3, -0.25) is 0 Å². The van der Waals surface area contributed by atoms with Gasteiger partial charge in [0, 0.05) is 17.4 Å². The van der Waals surface area contributed by atoms with Gasteiger partial charge in [0.1, 0.15) is 27.1 Å². The Morgan fingerprint density at radius 2 is 1.54 bits per heavy atom. The van der Waals surface area contributed by atoms with Crippen LogP contribution in [0.1, 0.15) is 56.6 Å². The van der Waals surface area contributed by atoms with Gasteiger partial charge in [-0.2, -0.15) is 0 Å². The number of fused-ring (bicyclic) bond motifs is 1. The van der Waals surface area contributed by atoms with Gasteiger partial charge in [0.2, 0.25) is 0 Å². The van der Waals surface area contributed by atoms with Gasteiger partial charge in [-0.1, -0.05) is 31.9 Å². The molecule has 3 aromatic carbocycles. The third kappa shape index (κ3) is 7.57. The number of aromatic nitrogens is 1. The molecular weight excluding hydrogens is 510 g/mol. The number of aryl methyl sites for hydroxylation is 1. The lowest BCUT2D eigenvalue weighted by atomic mass is 10.1. The maximum Gasteiger partial charge on any atom is 0.150 e. The molecule has 4 aromatic rings. The fourth-order valence-corrected chi connectivity index (χ4v) is 6.54. The Balaban J connectivity index is 1.42. The topological polar surface area (TPSA) is 88.8 Å². The van der Waals surface area contributed by atoms with Crippen LogP contribution in [-0.4, -0.2) is 41.3 Å². The molecule has 6 nitrogen and oxygen atoms in total. The highest BCUT2D eigenvalue weighted by Gasteiger charge is 2.17. The number of rotatable bonds is 14. The lowest BCUT2D eigenvalue weighted by Gasteiger charge is -2.14. The lowest BCUT2D eigenvalue weighted by Crippen LogP contribution is -2.11. The molecular formula is C32H39NO5S. The third-order valence-electron chi connectivity index (χ3n) is 7.11. The molecule has 0 radical (unpaired) electrons. The molecule has 0 spiro atoms. The zero-order valence-electron chi connectivity index (χ0n) is 22.9. The molecule has 0 amide bonds. The van der Waals surface area contributed by atoms with Crippen molar-refractivity contribution in [2.75, 3.05) is 18.1 Å². The number of phenolic OH excluding ortho intramolecular Hbond substituents is 2. The van der Waals surface area contributed by atoms with Crippen molar-refractivity contribution in [3.05, 3.63) is 77.9 Å². The molecule has 1 heterocycles. The second-order valence-electron chi connectivity index (χ2n) is 10.2. The summed E-state index contributed by atoms with van der Waals surface area (Å²) in [6.07, 6.45) is 5.06. The summed E-state index contributed by atoms with van der Waals surface area (Å²) in [5, 5.41) is 20.9. The normalized spacial score (nSPS) is 11.7. The minimum absolute atomic E-state index is 0.218. The quantitative estimate of drug-likeness (QED) is 0.162. The Morgan fingerprint density at radius 1 is 0.821 bits per heavy atom. The van der Waals surface area contributed by atoms with Gasteiger partial charge < -0.3 is 19.5 Å². The molecule has 0 bridgehead atoms. The van der Waals surface area contributed by atoms with E-state index in [1.165, 1.54) is 0 Å². The fourth-order valence-electron chi connectivity index (χ4n) is 5.05. The van der Waals surface area contributed by atoms with Crippen molar-refractivity contribution in [3.8, 4) is 28.5 Å².